The summed E-state index contributed by atoms with van der Waals surface area (Å²) in [7, 11) is 0. The van der Waals surface area contributed by atoms with Crippen molar-refractivity contribution < 1.29 is 28.6 Å². The highest BCUT2D eigenvalue weighted by molar-refractivity contribution is 5.71. The van der Waals surface area contributed by atoms with Gasteiger partial charge in [-0.15, -0.1) is 0 Å². The summed E-state index contributed by atoms with van der Waals surface area (Å²) in [4.78, 5) is 38.2. The first-order chi connectivity index (χ1) is 34.0. The van der Waals surface area contributed by atoms with Gasteiger partial charge in [0.05, 0.1) is 0 Å². The monoisotopic (exact) mass is 965 g/mol. The molecule has 0 amide bonds. The number of rotatable bonds is 54. The van der Waals surface area contributed by atoms with Gasteiger partial charge in [0.15, 0.2) is 6.10 Å². The van der Waals surface area contributed by atoms with Crippen LogP contribution in [0.1, 0.15) is 303 Å². The van der Waals surface area contributed by atoms with E-state index in [1.54, 1.807) is 0 Å². The summed E-state index contributed by atoms with van der Waals surface area (Å²) >= 11 is 0. The van der Waals surface area contributed by atoms with Gasteiger partial charge in [0.1, 0.15) is 13.2 Å². The van der Waals surface area contributed by atoms with Crippen molar-refractivity contribution >= 4 is 17.9 Å². The molecular weight excluding hydrogens is 853 g/mol. The van der Waals surface area contributed by atoms with Crippen molar-refractivity contribution in [2.75, 3.05) is 13.2 Å². The van der Waals surface area contributed by atoms with Crippen LogP contribution in [0, 0.1) is 0 Å². The molecule has 0 spiro atoms. The van der Waals surface area contributed by atoms with E-state index in [1.165, 1.54) is 180 Å². The summed E-state index contributed by atoms with van der Waals surface area (Å²) in [6.07, 6.45) is 72.2. The van der Waals surface area contributed by atoms with Gasteiger partial charge >= 0.3 is 17.9 Å². The minimum atomic E-state index is -0.791. The number of unbranched alkanes of at least 4 members (excludes halogenated alkanes) is 33. The Bertz CT molecular complexity index is 1250. The maximum absolute atomic E-state index is 12.9. The molecule has 0 aliphatic heterocycles. The molecule has 0 saturated heterocycles. The molecule has 69 heavy (non-hydrogen) atoms. The van der Waals surface area contributed by atoms with Crippen LogP contribution in [0.4, 0.5) is 0 Å². The third kappa shape index (κ3) is 55.9. The molecule has 0 saturated carbocycles. The molecule has 0 aromatic heterocycles. The Balaban J connectivity index is 4.39. The Morgan fingerprint density at radius 2 is 0.565 bits per heavy atom. The largest absolute Gasteiger partial charge is 0.462 e. The van der Waals surface area contributed by atoms with Crippen molar-refractivity contribution in [2.24, 2.45) is 0 Å². The number of esters is 3. The molecule has 0 heterocycles. The zero-order chi connectivity index (χ0) is 50.0. The first-order valence-corrected chi connectivity index (χ1v) is 29.8. The molecule has 0 aromatic carbocycles. The second-order valence-corrected chi connectivity index (χ2v) is 19.9. The molecule has 0 radical (unpaired) electrons. The molecule has 6 heteroatoms. The molecule has 0 aromatic rings. The molecule has 400 valence electrons. The number of allylic oxidation sites excluding steroid dienone is 10. The fourth-order valence-electron chi connectivity index (χ4n) is 8.55. The van der Waals surface area contributed by atoms with Crippen LogP contribution >= 0.6 is 0 Å². The van der Waals surface area contributed by atoms with Crippen LogP contribution in [0.15, 0.2) is 60.8 Å². The van der Waals surface area contributed by atoms with E-state index in [4.69, 9.17) is 14.2 Å². The van der Waals surface area contributed by atoms with Gasteiger partial charge in [-0.25, -0.2) is 0 Å². The maximum Gasteiger partial charge on any atom is 0.306 e. The van der Waals surface area contributed by atoms with Crippen LogP contribution in [0.25, 0.3) is 0 Å². The highest BCUT2D eigenvalue weighted by Gasteiger charge is 2.19. The fraction of sp³-hybridized carbons (Fsp3) is 0.794. The molecule has 0 fully saturated rings. The highest BCUT2D eigenvalue weighted by Crippen LogP contribution is 2.16. The summed E-state index contributed by atoms with van der Waals surface area (Å²) in [6, 6.07) is 0. The van der Waals surface area contributed by atoms with Gasteiger partial charge in [-0.3, -0.25) is 14.4 Å². The first-order valence-electron chi connectivity index (χ1n) is 29.8. The SMILES string of the molecule is CC/C=C\C/C=C\C/C=C\C/C=C\CCCCC(=O)OC[C@H](COC(=O)CCCCCCCCCCCCCCCCCCC)OC(=O)CCCCCCCCCCC/C=C\CCCCCCCC. The molecule has 0 unspecified atom stereocenters. The first kappa shape index (κ1) is 66.1. The van der Waals surface area contributed by atoms with Crippen LogP contribution < -0.4 is 0 Å². The van der Waals surface area contributed by atoms with Crippen LogP contribution in [0.5, 0.6) is 0 Å². The van der Waals surface area contributed by atoms with Crippen LogP contribution in [0.2, 0.25) is 0 Å². The predicted octanol–water partition coefficient (Wildman–Crippen LogP) is 20.0. The molecule has 0 aliphatic rings. The van der Waals surface area contributed by atoms with Crippen molar-refractivity contribution in [3.8, 4) is 0 Å². The molecular formula is C63H112O6. The van der Waals surface area contributed by atoms with Gasteiger partial charge in [-0.2, -0.15) is 0 Å². The normalized spacial score (nSPS) is 12.4. The van der Waals surface area contributed by atoms with Gasteiger partial charge in [0.25, 0.3) is 0 Å². The number of ether oxygens (including phenoxy) is 3. The zero-order valence-electron chi connectivity index (χ0n) is 45.8. The second kappa shape index (κ2) is 57.7. The molecule has 0 aliphatic carbocycles. The number of hydrogen-bond acceptors (Lipinski definition) is 6. The third-order valence-electron chi connectivity index (χ3n) is 13.0. The minimum absolute atomic E-state index is 0.0852. The smallest absolute Gasteiger partial charge is 0.306 e. The minimum Gasteiger partial charge on any atom is -0.462 e. The lowest BCUT2D eigenvalue weighted by molar-refractivity contribution is -0.167. The van der Waals surface area contributed by atoms with E-state index in [1.807, 2.05) is 0 Å². The summed E-state index contributed by atoms with van der Waals surface area (Å²) in [5.41, 5.74) is 0. The lowest BCUT2D eigenvalue weighted by Crippen LogP contribution is -2.30. The Labute approximate surface area is 428 Å². The average Bonchev–Trinajstić information content (AvgIpc) is 3.35. The predicted molar refractivity (Wildman–Crippen MR) is 298 cm³/mol. The van der Waals surface area contributed by atoms with Crippen molar-refractivity contribution in [1.29, 1.82) is 0 Å². The van der Waals surface area contributed by atoms with E-state index in [-0.39, 0.29) is 31.1 Å². The second-order valence-electron chi connectivity index (χ2n) is 19.9. The zero-order valence-corrected chi connectivity index (χ0v) is 45.8. The standard InChI is InChI=1S/C63H112O6/c1-4-7-10-13-16-19-22-25-28-30-31-33-36-39-42-45-48-51-54-57-63(66)69-60(58-67-61(64)55-52-49-46-43-40-37-34-27-24-21-18-15-12-9-6-3)59-68-62(65)56-53-50-47-44-41-38-35-32-29-26-23-20-17-14-11-8-5-2/h9,12,18,21,25,27-28,34,40,43,60H,4-8,10-11,13-17,19-20,22-24,26,29-33,35-39,41-42,44-59H2,1-3H3/b12-9-,21-18-,28-25-,34-27-,43-40-/t60-/m1/s1. The quantitative estimate of drug-likeness (QED) is 0.0262. The number of hydrogen-bond donors (Lipinski definition) is 0. The van der Waals surface area contributed by atoms with E-state index in [0.29, 0.717) is 19.3 Å². The van der Waals surface area contributed by atoms with Gasteiger partial charge < -0.3 is 14.2 Å². The van der Waals surface area contributed by atoms with Crippen molar-refractivity contribution in [2.45, 2.75) is 309 Å². The molecule has 0 bridgehead atoms. The molecule has 1 atom stereocenters. The summed E-state index contributed by atoms with van der Waals surface area (Å²) in [5, 5.41) is 0. The molecule has 0 rings (SSSR count). The Kier molecular flexibility index (Phi) is 55.3. The fourth-order valence-corrected chi connectivity index (χ4v) is 8.55. The van der Waals surface area contributed by atoms with E-state index < -0.39 is 6.10 Å². The number of carbonyl (C=O) groups excluding carboxylic acids is 3. The molecule has 6 nitrogen and oxygen atoms in total. The highest BCUT2D eigenvalue weighted by atomic mass is 16.6. The molecule has 0 N–H and O–H groups in total. The van der Waals surface area contributed by atoms with Crippen LogP contribution in [-0.4, -0.2) is 37.2 Å². The summed E-state index contributed by atoms with van der Waals surface area (Å²) < 4.78 is 16.9. The maximum atomic E-state index is 12.9. The number of carbonyl (C=O) groups is 3. The lowest BCUT2D eigenvalue weighted by atomic mass is 10.0. The van der Waals surface area contributed by atoms with E-state index >= 15 is 0 Å². The lowest BCUT2D eigenvalue weighted by Gasteiger charge is -2.18. The van der Waals surface area contributed by atoms with Gasteiger partial charge in [-0.05, 0) is 83.5 Å². The van der Waals surface area contributed by atoms with E-state index in [9.17, 15) is 14.4 Å². The Hall–Kier alpha value is -2.89. The van der Waals surface area contributed by atoms with Crippen molar-refractivity contribution in [3.05, 3.63) is 60.8 Å². The van der Waals surface area contributed by atoms with Crippen LogP contribution in [0.3, 0.4) is 0 Å². The summed E-state index contributed by atoms with van der Waals surface area (Å²) in [6.45, 7) is 6.52. The Morgan fingerprint density at radius 1 is 0.304 bits per heavy atom. The van der Waals surface area contributed by atoms with E-state index in [0.717, 1.165) is 83.5 Å². The van der Waals surface area contributed by atoms with Crippen molar-refractivity contribution in [1.82, 2.24) is 0 Å². The van der Waals surface area contributed by atoms with Crippen LogP contribution in [-0.2, 0) is 28.6 Å². The Morgan fingerprint density at radius 3 is 0.928 bits per heavy atom. The summed E-state index contributed by atoms with van der Waals surface area (Å²) in [5.74, 6) is -0.916. The van der Waals surface area contributed by atoms with Crippen molar-refractivity contribution in [3.63, 3.8) is 0 Å². The van der Waals surface area contributed by atoms with E-state index in [2.05, 4.69) is 81.5 Å². The van der Waals surface area contributed by atoms with Gasteiger partial charge in [0.2, 0.25) is 0 Å². The average molecular weight is 966 g/mol. The van der Waals surface area contributed by atoms with Gasteiger partial charge in [0, 0.05) is 19.3 Å². The van der Waals surface area contributed by atoms with Gasteiger partial charge in [-0.1, -0.05) is 261 Å². The third-order valence-corrected chi connectivity index (χ3v) is 13.0. The topological polar surface area (TPSA) is 78.9 Å².